The summed E-state index contributed by atoms with van der Waals surface area (Å²) in [6, 6.07) is 21.1. The van der Waals surface area contributed by atoms with E-state index >= 15 is 0 Å². The van der Waals surface area contributed by atoms with Gasteiger partial charge in [0.1, 0.15) is 5.82 Å². The van der Waals surface area contributed by atoms with Crippen LogP contribution in [0.2, 0.25) is 0 Å². The molecule has 0 saturated carbocycles. The van der Waals surface area contributed by atoms with Gasteiger partial charge in [-0.1, -0.05) is 30.3 Å². The molecule has 0 radical (unpaired) electrons. The molecule has 1 aliphatic rings. The van der Waals surface area contributed by atoms with Crippen molar-refractivity contribution >= 4 is 23.3 Å². The van der Waals surface area contributed by atoms with E-state index in [1.807, 2.05) is 36.4 Å². The fourth-order valence-corrected chi connectivity index (χ4v) is 3.38. The Bertz CT molecular complexity index is 1300. The minimum absolute atomic E-state index is 0.182. The van der Waals surface area contributed by atoms with Gasteiger partial charge in [-0.15, -0.1) is 0 Å². The number of hydrogen-bond donors (Lipinski definition) is 3. The molecule has 32 heavy (non-hydrogen) atoms. The summed E-state index contributed by atoms with van der Waals surface area (Å²) in [6.07, 6.45) is 1.62. The fraction of sp³-hybridized carbons (Fsp3) is 0.0417. The fourth-order valence-electron chi connectivity index (χ4n) is 3.38. The van der Waals surface area contributed by atoms with Crippen molar-refractivity contribution in [3.63, 3.8) is 0 Å². The van der Waals surface area contributed by atoms with Crippen LogP contribution in [0.5, 0.6) is 11.5 Å². The normalized spacial score (nSPS) is 11.8. The first-order chi connectivity index (χ1) is 15.7. The maximum atomic E-state index is 12.9. The van der Waals surface area contributed by atoms with Gasteiger partial charge >= 0.3 is 0 Å². The van der Waals surface area contributed by atoms with Gasteiger partial charge in [-0.25, -0.2) is 0 Å². The lowest BCUT2D eigenvalue weighted by Gasteiger charge is -2.09. The molecule has 0 fully saturated rings. The molecule has 0 aliphatic carbocycles. The van der Waals surface area contributed by atoms with Crippen LogP contribution in [0.25, 0.3) is 11.1 Å². The highest BCUT2D eigenvalue weighted by atomic mass is 16.7. The summed E-state index contributed by atoms with van der Waals surface area (Å²) in [5.41, 5.74) is 2.92. The molecule has 2 amide bonds. The summed E-state index contributed by atoms with van der Waals surface area (Å²) >= 11 is 0. The van der Waals surface area contributed by atoms with Crippen LogP contribution in [0.3, 0.4) is 0 Å². The third-order valence-corrected chi connectivity index (χ3v) is 4.98. The number of carbonyl (C=O) groups excluding carboxylic acids is 2. The summed E-state index contributed by atoms with van der Waals surface area (Å²) in [5, 5.41) is 12.5. The number of nitrogens with zero attached hydrogens (tertiary/aromatic N) is 1. The first kappa shape index (κ1) is 19.4. The predicted molar refractivity (Wildman–Crippen MR) is 119 cm³/mol. The highest BCUT2D eigenvalue weighted by Gasteiger charge is 2.18. The maximum Gasteiger partial charge on any atom is 0.256 e. The Kier molecular flexibility index (Phi) is 5.01. The van der Waals surface area contributed by atoms with E-state index in [0.29, 0.717) is 39.7 Å². The van der Waals surface area contributed by atoms with Crippen LogP contribution in [-0.2, 0) is 0 Å². The van der Waals surface area contributed by atoms with Crippen molar-refractivity contribution in [2.75, 3.05) is 17.4 Å². The van der Waals surface area contributed by atoms with Crippen molar-refractivity contribution in [2.45, 2.75) is 0 Å². The monoisotopic (exact) mass is 426 g/mol. The second-order valence-corrected chi connectivity index (χ2v) is 7.08. The number of amides is 2. The lowest BCUT2D eigenvalue weighted by atomic mass is 10.1. The minimum Gasteiger partial charge on any atom is -0.454 e. The molecule has 8 nitrogen and oxygen atoms in total. The van der Waals surface area contributed by atoms with Gasteiger partial charge in [-0.05, 0) is 48.0 Å². The second-order valence-electron chi connectivity index (χ2n) is 7.08. The number of para-hydroxylation sites is 1. The number of fused-ring (bicyclic) bond motifs is 1. The molecule has 158 valence electrons. The van der Waals surface area contributed by atoms with Crippen molar-refractivity contribution in [1.29, 1.82) is 0 Å². The van der Waals surface area contributed by atoms with E-state index in [4.69, 9.17) is 9.47 Å². The SMILES string of the molecule is O=C(Nc1ccccc1)c1cccc(C(=O)Nc2[nH]ncc2-c2ccc3c(c2)OCO3)c1. The Morgan fingerprint density at radius 3 is 2.38 bits per heavy atom. The molecule has 0 spiro atoms. The Balaban J connectivity index is 1.34. The number of ether oxygens (including phenoxy) is 2. The quantitative estimate of drug-likeness (QED) is 0.441. The van der Waals surface area contributed by atoms with Gasteiger partial charge in [0, 0.05) is 22.4 Å². The zero-order chi connectivity index (χ0) is 21.9. The molecular formula is C24H18N4O4. The standard InChI is InChI=1S/C24H18N4O4/c29-23(26-18-7-2-1-3-8-18)16-5-4-6-17(11-16)24(30)27-22-19(13-25-28-22)15-9-10-20-21(12-15)32-14-31-20/h1-13H,14H2,(H,26,29)(H2,25,27,28,30). The van der Waals surface area contributed by atoms with E-state index in [2.05, 4.69) is 20.8 Å². The third kappa shape index (κ3) is 3.89. The van der Waals surface area contributed by atoms with Crippen molar-refractivity contribution in [2.24, 2.45) is 0 Å². The van der Waals surface area contributed by atoms with E-state index in [9.17, 15) is 9.59 Å². The summed E-state index contributed by atoms with van der Waals surface area (Å²) in [7, 11) is 0. The first-order valence-corrected chi connectivity index (χ1v) is 9.88. The lowest BCUT2D eigenvalue weighted by Crippen LogP contribution is -2.16. The number of aromatic amines is 1. The number of nitrogens with one attached hydrogen (secondary N) is 3. The molecule has 0 saturated heterocycles. The Labute approximate surface area is 183 Å². The first-order valence-electron chi connectivity index (χ1n) is 9.88. The Morgan fingerprint density at radius 1 is 0.812 bits per heavy atom. The molecule has 8 heteroatoms. The van der Waals surface area contributed by atoms with E-state index in [1.54, 1.807) is 42.6 Å². The largest absolute Gasteiger partial charge is 0.454 e. The summed E-state index contributed by atoms with van der Waals surface area (Å²) in [6.45, 7) is 0.182. The molecule has 4 aromatic rings. The van der Waals surface area contributed by atoms with Crippen molar-refractivity contribution in [3.8, 4) is 22.6 Å². The highest BCUT2D eigenvalue weighted by molar-refractivity contribution is 6.09. The van der Waals surface area contributed by atoms with Gasteiger partial charge in [0.25, 0.3) is 11.8 Å². The van der Waals surface area contributed by atoms with E-state index in [1.165, 1.54) is 0 Å². The molecule has 3 N–H and O–H groups in total. The van der Waals surface area contributed by atoms with E-state index in [0.717, 1.165) is 5.56 Å². The van der Waals surface area contributed by atoms with Gasteiger partial charge in [0.05, 0.1) is 6.20 Å². The maximum absolute atomic E-state index is 12.9. The number of hydrogen-bond acceptors (Lipinski definition) is 5. The Morgan fingerprint density at radius 2 is 1.56 bits per heavy atom. The number of H-pyrrole nitrogens is 1. The molecule has 5 rings (SSSR count). The van der Waals surface area contributed by atoms with Crippen LogP contribution in [0.15, 0.2) is 79.0 Å². The summed E-state index contributed by atoms with van der Waals surface area (Å²) < 4.78 is 10.8. The van der Waals surface area contributed by atoms with Crippen LogP contribution >= 0.6 is 0 Å². The van der Waals surface area contributed by atoms with Crippen LogP contribution in [0, 0.1) is 0 Å². The van der Waals surface area contributed by atoms with Gasteiger partial charge < -0.3 is 20.1 Å². The smallest absolute Gasteiger partial charge is 0.256 e. The van der Waals surface area contributed by atoms with Crippen LogP contribution < -0.4 is 20.1 Å². The Hall–Kier alpha value is -4.59. The van der Waals surface area contributed by atoms with Crippen molar-refractivity contribution < 1.29 is 19.1 Å². The average molecular weight is 426 g/mol. The molecule has 1 aliphatic heterocycles. The van der Waals surface area contributed by atoms with E-state index in [-0.39, 0.29) is 18.6 Å². The third-order valence-electron chi connectivity index (χ3n) is 4.98. The van der Waals surface area contributed by atoms with Gasteiger partial charge in [0.15, 0.2) is 11.5 Å². The van der Waals surface area contributed by atoms with Crippen molar-refractivity contribution in [3.05, 3.63) is 90.1 Å². The van der Waals surface area contributed by atoms with Gasteiger partial charge in [0.2, 0.25) is 6.79 Å². The highest BCUT2D eigenvalue weighted by Crippen LogP contribution is 2.37. The number of benzene rings is 3. The number of aromatic nitrogens is 2. The second kappa shape index (κ2) is 8.27. The topological polar surface area (TPSA) is 105 Å². The lowest BCUT2D eigenvalue weighted by molar-refractivity contribution is 0.102. The number of anilines is 2. The summed E-state index contributed by atoms with van der Waals surface area (Å²) in [4.78, 5) is 25.4. The minimum atomic E-state index is -0.370. The molecule has 0 bridgehead atoms. The van der Waals surface area contributed by atoms with E-state index < -0.39 is 0 Å². The van der Waals surface area contributed by atoms with Crippen LogP contribution in [-0.4, -0.2) is 28.8 Å². The predicted octanol–water partition coefficient (Wildman–Crippen LogP) is 4.31. The van der Waals surface area contributed by atoms with Crippen LogP contribution in [0.4, 0.5) is 11.5 Å². The number of carbonyl (C=O) groups is 2. The molecule has 0 unspecified atom stereocenters. The van der Waals surface area contributed by atoms with Crippen LogP contribution in [0.1, 0.15) is 20.7 Å². The summed E-state index contributed by atoms with van der Waals surface area (Å²) in [5.74, 6) is 1.08. The molecule has 0 atom stereocenters. The van der Waals surface area contributed by atoms with Gasteiger partial charge in [-0.3, -0.25) is 14.7 Å². The zero-order valence-electron chi connectivity index (χ0n) is 16.8. The molecule has 1 aromatic heterocycles. The average Bonchev–Trinajstić information content (AvgIpc) is 3.48. The molecule has 3 aromatic carbocycles. The zero-order valence-corrected chi connectivity index (χ0v) is 16.8. The number of rotatable bonds is 5. The van der Waals surface area contributed by atoms with Crippen molar-refractivity contribution in [1.82, 2.24) is 10.2 Å². The molecular weight excluding hydrogens is 408 g/mol. The molecule has 2 heterocycles. The van der Waals surface area contributed by atoms with Gasteiger partial charge in [-0.2, -0.15) is 5.10 Å².